The van der Waals surface area contributed by atoms with Gasteiger partial charge in [0.25, 0.3) is 5.56 Å². The molecule has 3 aromatic rings. The minimum Gasteiger partial charge on any atom is -0.341 e. The highest BCUT2D eigenvalue weighted by Gasteiger charge is 2.17. The maximum absolute atomic E-state index is 12.7. The normalized spacial score (nSPS) is 11.8. The van der Waals surface area contributed by atoms with Gasteiger partial charge in [-0.2, -0.15) is 5.10 Å². The van der Waals surface area contributed by atoms with Gasteiger partial charge in [0.1, 0.15) is 6.54 Å². The van der Waals surface area contributed by atoms with Gasteiger partial charge in [0, 0.05) is 24.7 Å². The monoisotopic (exact) mass is 361 g/mol. The van der Waals surface area contributed by atoms with Crippen LogP contribution in [0.15, 0.2) is 77.6 Å². The van der Waals surface area contributed by atoms with Crippen LogP contribution < -0.4 is 5.56 Å². The van der Waals surface area contributed by atoms with Gasteiger partial charge in [0.05, 0.1) is 5.69 Å². The molecule has 27 heavy (non-hydrogen) atoms. The lowest BCUT2D eigenvalue weighted by atomic mass is 10.1. The molecule has 0 unspecified atom stereocenters. The molecule has 0 aliphatic carbocycles. The Morgan fingerprint density at radius 3 is 2.30 bits per heavy atom. The number of aromatic nitrogens is 2. The number of carbonyl (C=O) groups is 1. The smallest absolute Gasteiger partial charge is 0.267 e. The largest absolute Gasteiger partial charge is 0.341 e. The van der Waals surface area contributed by atoms with E-state index in [0.717, 1.165) is 12.0 Å². The summed E-state index contributed by atoms with van der Waals surface area (Å²) < 4.78 is 1.23. The van der Waals surface area contributed by atoms with Crippen molar-refractivity contribution in [1.29, 1.82) is 0 Å². The van der Waals surface area contributed by atoms with Crippen molar-refractivity contribution in [2.24, 2.45) is 0 Å². The van der Waals surface area contributed by atoms with Crippen molar-refractivity contribution in [3.63, 3.8) is 0 Å². The lowest BCUT2D eigenvalue weighted by molar-refractivity contribution is -0.132. The van der Waals surface area contributed by atoms with Gasteiger partial charge >= 0.3 is 0 Å². The Morgan fingerprint density at radius 1 is 1.00 bits per heavy atom. The third-order valence-electron chi connectivity index (χ3n) is 4.65. The highest BCUT2D eigenvalue weighted by Crippen LogP contribution is 2.14. The molecule has 0 saturated heterocycles. The summed E-state index contributed by atoms with van der Waals surface area (Å²) in [6.07, 6.45) is 0.759. The zero-order valence-electron chi connectivity index (χ0n) is 15.6. The van der Waals surface area contributed by atoms with Crippen molar-refractivity contribution < 1.29 is 4.79 Å². The van der Waals surface area contributed by atoms with Crippen molar-refractivity contribution in [2.75, 3.05) is 7.05 Å². The molecule has 0 radical (unpaired) electrons. The third-order valence-corrected chi connectivity index (χ3v) is 4.65. The first-order valence-corrected chi connectivity index (χ1v) is 8.98. The molecule has 3 rings (SSSR count). The first kappa shape index (κ1) is 18.6. The molecule has 0 bridgehead atoms. The fourth-order valence-electron chi connectivity index (χ4n) is 2.90. The van der Waals surface area contributed by atoms with Gasteiger partial charge in [0.2, 0.25) is 5.91 Å². The predicted octanol–water partition coefficient (Wildman–Crippen LogP) is 3.00. The number of likely N-dealkylation sites (N-methyl/N-ethyl adjacent to an activating group) is 1. The molecule has 0 saturated carbocycles. The molecule has 1 heterocycles. The number of hydrogen-bond donors (Lipinski definition) is 0. The van der Waals surface area contributed by atoms with Crippen LogP contribution in [-0.2, 0) is 17.8 Å². The van der Waals surface area contributed by atoms with Crippen LogP contribution in [0.5, 0.6) is 0 Å². The average Bonchev–Trinajstić information content (AvgIpc) is 2.70. The fourth-order valence-corrected chi connectivity index (χ4v) is 2.90. The van der Waals surface area contributed by atoms with Crippen molar-refractivity contribution in [2.45, 2.75) is 25.9 Å². The number of hydrogen-bond acceptors (Lipinski definition) is 3. The Labute approximate surface area is 158 Å². The Hall–Kier alpha value is -3.21. The molecule has 0 fully saturated rings. The molecule has 0 aliphatic rings. The molecule has 0 spiro atoms. The minimum absolute atomic E-state index is 0.0212. The zero-order valence-corrected chi connectivity index (χ0v) is 15.6. The summed E-state index contributed by atoms with van der Waals surface area (Å²) in [7, 11) is 1.77. The van der Waals surface area contributed by atoms with Gasteiger partial charge < -0.3 is 4.90 Å². The Balaban J connectivity index is 1.72. The Bertz CT molecular complexity index is 952. The second kappa shape index (κ2) is 8.45. The van der Waals surface area contributed by atoms with Crippen molar-refractivity contribution >= 4 is 5.91 Å². The molecule has 0 N–H and O–H groups in total. The zero-order chi connectivity index (χ0) is 19.2. The molecule has 0 aliphatic heterocycles. The molecule has 1 amide bonds. The molecular weight excluding hydrogens is 338 g/mol. The SMILES string of the molecule is C[C@@H](Cc1ccccc1)N(C)C(=O)Cn1nc(-c2ccccc2)ccc1=O. The summed E-state index contributed by atoms with van der Waals surface area (Å²) in [5.41, 5.74) is 2.46. The highest BCUT2D eigenvalue weighted by molar-refractivity contribution is 5.76. The number of amides is 1. The van der Waals surface area contributed by atoms with E-state index in [0.29, 0.717) is 5.69 Å². The lowest BCUT2D eigenvalue weighted by Crippen LogP contribution is -2.40. The summed E-state index contributed by atoms with van der Waals surface area (Å²) >= 11 is 0. The van der Waals surface area contributed by atoms with Crippen LogP contribution in [0.25, 0.3) is 11.3 Å². The Morgan fingerprint density at radius 2 is 1.63 bits per heavy atom. The minimum atomic E-state index is -0.285. The second-order valence-corrected chi connectivity index (χ2v) is 6.62. The van der Waals surface area contributed by atoms with Gasteiger partial charge in [-0.25, -0.2) is 4.68 Å². The third kappa shape index (κ3) is 4.70. The highest BCUT2D eigenvalue weighted by atomic mass is 16.2. The van der Waals surface area contributed by atoms with E-state index in [1.807, 2.05) is 67.6 Å². The van der Waals surface area contributed by atoms with Crippen LogP contribution >= 0.6 is 0 Å². The standard InChI is InChI=1S/C22H23N3O2/c1-17(15-18-9-5-3-6-10-18)24(2)22(27)16-25-21(26)14-13-20(23-25)19-11-7-4-8-12-19/h3-14,17H,15-16H2,1-2H3/t17-/m0/s1. The van der Waals surface area contributed by atoms with Crippen molar-refractivity contribution in [1.82, 2.24) is 14.7 Å². The van der Waals surface area contributed by atoms with E-state index >= 15 is 0 Å². The first-order chi connectivity index (χ1) is 13.0. The number of nitrogens with zero attached hydrogens (tertiary/aromatic N) is 3. The predicted molar refractivity (Wildman–Crippen MR) is 106 cm³/mol. The topological polar surface area (TPSA) is 55.2 Å². The molecular formula is C22H23N3O2. The molecule has 138 valence electrons. The van der Waals surface area contributed by atoms with E-state index in [-0.39, 0.29) is 24.1 Å². The summed E-state index contributed by atoms with van der Waals surface area (Å²) in [5, 5.41) is 4.36. The van der Waals surface area contributed by atoms with Gasteiger partial charge in [-0.3, -0.25) is 9.59 Å². The molecule has 5 nitrogen and oxygen atoms in total. The van der Waals surface area contributed by atoms with Crippen LogP contribution in [0.2, 0.25) is 0 Å². The van der Waals surface area contributed by atoms with Gasteiger partial charge in [-0.05, 0) is 25.0 Å². The van der Waals surface area contributed by atoms with E-state index < -0.39 is 0 Å². The van der Waals surface area contributed by atoms with Crippen LogP contribution in [0.3, 0.4) is 0 Å². The van der Waals surface area contributed by atoms with Crippen molar-refractivity contribution in [3.8, 4) is 11.3 Å². The lowest BCUT2D eigenvalue weighted by Gasteiger charge is -2.25. The van der Waals surface area contributed by atoms with E-state index in [4.69, 9.17) is 0 Å². The first-order valence-electron chi connectivity index (χ1n) is 8.98. The summed E-state index contributed by atoms with van der Waals surface area (Å²) in [6, 6.07) is 22.8. The van der Waals surface area contributed by atoms with Gasteiger partial charge in [-0.1, -0.05) is 60.7 Å². The quantitative estimate of drug-likeness (QED) is 0.678. The van der Waals surface area contributed by atoms with E-state index in [9.17, 15) is 9.59 Å². The van der Waals surface area contributed by atoms with Crippen LogP contribution in [0.1, 0.15) is 12.5 Å². The molecule has 2 aromatic carbocycles. The summed E-state index contributed by atoms with van der Waals surface area (Å²) in [6.45, 7) is 1.93. The number of rotatable bonds is 6. The van der Waals surface area contributed by atoms with Crippen LogP contribution in [0, 0.1) is 0 Å². The maximum Gasteiger partial charge on any atom is 0.267 e. The van der Waals surface area contributed by atoms with Gasteiger partial charge in [0.15, 0.2) is 0 Å². The van der Waals surface area contributed by atoms with Crippen molar-refractivity contribution in [3.05, 3.63) is 88.7 Å². The second-order valence-electron chi connectivity index (χ2n) is 6.62. The van der Waals surface area contributed by atoms with Crippen LogP contribution in [0.4, 0.5) is 0 Å². The van der Waals surface area contributed by atoms with Gasteiger partial charge in [-0.15, -0.1) is 0 Å². The maximum atomic E-state index is 12.7. The summed E-state index contributed by atoms with van der Waals surface area (Å²) in [4.78, 5) is 26.5. The van der Waals surface area contributed by atoms with E-state index in [1.54, 1.807) is 18.0 Å². The van der Waals surface area contributed by atoms with E-state index in [1.165, 1.54) is 16.3 Å². The Kier molecular flexibility index (Phi) is 5.81. The van der Waals surface area contributed by atoms with E-state index in [2.05, 4.69) is 5.10 Å². The number of benzene rings is 2. The molecule has 1 aromatic heterocycles. The fraction of sp³-hybridized carbons (Fsp3) is 0.227. The average molecular weight is 361 g/mol. The summed E-state index contributed by atoms with van der Waals surface area (Å²) in [5.74, 6) is -0.141. The van der Waals surface area contributed by atoms with Crippen LogP contribution in [-0.4, -0.2) is 33.7 Å². The number of carbonyl (C=O) groups excluding carboxylic acids is 1. The molecule has 1 atom stereocenters. The molecule has 5 heteroatoms.